The molecule has 102 heavy (non-hydrogen) atoms. The zero-order valence-electron chi connectivity index (χ0n) is 73.4. The first-order valence-corrected chi connectivity index (χ1v) is 72.3. The first-order chi connectivity index (χ1) is 43.7. The van der Waals surface area contributed by atoms with E-state index in [1.165, 1.54) is 6.92 Å². The Bertz CT molecular complexity index is 2750. The van der Waals surface area contributed by atoms with Crippen LogP contribution in [-0.2, 0) is 52.3 Å². The van der Waals surface area contributed by atoms with Crippen molar-refractivity contribution in [1.29, 1.82) is 0 Å². The summed E-state index contributed by atoms with van der Waals surface area (Å²) in [5, 5.41) is 18.8. The van der Waals surface area contributed by atoms with Crippen LogP contribution in [0.4, 0.5) is 0 Å². The fourth-order valence-corrected chi connectivity index (χ4v) is 25.8. The molecule has 11 N–H and O–H groups in total. The van der Waals surface area contributed by atoms with E-state index in [1.807, 2.05) is 104 Å². The zero-order chi connectivity index (χ0) is 83.7. The van der Waals surface area contributed by atoms with Crippen LogP contribution >= 0.6 is 0 Å². The van der Waals surface area contributed by atoms with E-state index in [0.717, 1.165) is 5.56 Å². The van der Waals surface area contributed by atoms with Crippen LogP contribution in [0.5, 0.6) is 0 Å². The standard InChI is InChI=1S/C16H30O3Si2.C14H26O4Si2.C12H30O4Si2.C11H28O3Si2.C9H24O4Si2.C8H22O2Si2/c1-15(2,20(4,5)6)16(18-3,19-21(7,8)17)14-12-10-9-11-13-14;1-13(2,19(3,4)16)14(15,18-20(5,6)17)12-10-8-7-9-11-12;1-10(2)15-12(5,16-18(8,9)14)11(3,4)17(6,7)13;1-10(2,15(5,6)7)11(3,13-4)14-16(8,9)12;1-8(2,14(4,5)11)9(3,10)13-15(6,7)12;1-8(2,11(3,4)5)10-12(6,7)9/h9-13,17H,1-8H3;7-11,15-17H,1-6H3;10,13-14H,1-9H3;12H,1-9H3;10-12H,1-7H3;9H,1-7H3. The molecule has 0 aliphatic rings. The molecule has 0 saturated carbocycles. The van der Waals surface area contributed by atoms with Crippen molar-refractivity contribution in [1.82, 2.24) is 0 Å². The van der Waals surface area contributed by atoms with Crippen molar-refractivity contribution >= 4 is 101 Å². The Kier molecular flexibility index (Phi) is 39.2. The molecule has 0 aliphatic heterocycles. The van der Waals surface area contributed by atoms with Crippen molar-refractivity contribution in [2.75, 3.05) is 14.2 Å². The van der Waals surface area contributed by atoms with Gasteiger partial charge in [0.05, 0.1) is 30.3 Å². The molecular formula is C70H160O20Si12. The van der Waals surface area contributed by atoms with Crippen LogP contribution in [0.2, 0.25) is 202 Å². The Morgan fingerprint density at radius 1 is 0.294 bits per heavy atom. The molecule has 0 saturated heterocycles. The predicted molar refractivity (Wildman–Crippen MR) is 454 cm³/mol. The lowest BCUT2D eigenvalue weighted by Gasteiger charge is -2.53. The van der Waals surface area contributed by atoms with Gasteiger partial charge < -0.3 is 94.1 Å². The Labute approximate surface area is 636 Å². The Hall–Kier alpha value is 0.243. The second-order valence-corrected chi connectivity index (χ2v) is 87.7. The molecule has 0 radical (unpaired) electrons. The monoisotopic (exact) mass is 1660 g/mol. The minimum absolute atomic E-state index is 0.0398. The van der Waals surface area contributed by atoms with Gasteiger partial charge in [0.1, 0.15) is 0 Å². The first-order valence-electron chi connectivity index (χ1n) is 35.8. The third-order valence-corrected chi connectivity index (χ3v) is 49.2. The minimum atomic E-state index is -3.00. The Morgan fingerprint density at radius 2 is 0.578 bits per heavy atom. The molecule has 0 amide bonds. The highest BCUT2D eigenvalue weighted by molar-refractivity contribution is 6.81. The highest BCUT2D eigenvalue weighted by Gasteiger charge is 2.61. The van der Waals surface area contributed by atoms with Crippen molar-refractivity contribution in [3.05, 3.63) is 71.8 Å². The summed E-state index contributed by atoms with van der Waals surface area (Å²) in [5.74, 6) is -5.87. The van der Waals surface area contributed by atoms with Crippen LogP contribution in [0.15, 0.2) is 60.7 Å². The van der Waals surface area contributed by atoms with Gasteiger partial charge in [-0.25, -0.2) is 0 Å². The quantitative estimate of drug-likeness (QED) is 0.0266. The summed E-state index contributed by atoms with van der Waals surface area (Å²) in [4.78, 5) is 91.1. The first kappa shape index (κ1) is 109. The highest BCUT2D eigenvalue weighted by Crippen LogP contribution is 2.57. The average molecular weight is 1660 g/mol. The SMILES string of the molecule is CC(C)(C(O)(O[Si](C)(C)O)c1ccccc1)[Si](C)(C)O.CC(C)(O[Si](C)(C)O)[Si](C)(C)C.CC(C)OC(C)(O[Si](C)(C)O)C(C)(C)[Si](C)(C)O.CC(O)(O[Si](C)(C)O)C(C)(C)[Si](C)(C)O.COC(C)(O[Si](C)(C)O)C(C)(C)[Si](C)(C)C.COC(O[Si](C)(C)O)(c1ccccc1)C(C)(C)[Si](C)(C)C. The number of rotatable bonds is 29. The van der Waals surface area contributed by atoms with Crippen LogP contribution in [0.3, 0.4) is 0 Å². The third-order valence-electron chi connectivity index (χ3n) is 21.3. The summed E-state index contributed by atoms with van der Waals surface area (Å²) < 4.78 is 52.3. The molecule has 608 valence electrons. The van der Waals surface area contributed by atoms with Gasteiger partial charge in [0.2, 0.25) is 0 Å². The second-order valence-electron chi connectivity index (χ2n) is 38.8. The molecule has 0 aliphatic carbocycles. The molecule has 5 unspecified atom stereocenters. The molecule has 20 nitrogen and oxygen atoms in total. The Morgan fingerprint density at radius 3 is 0.804 bits per heavy atom. The second kappa shape index (κ2) is 36.8. The van der Waals surface area contributed by atoms with Gasteiger partial charge in [-0.05, 0) is 166 Å². The van der Waals surface area contributed by atoms with E-state index in [2.05, 4.69) is 100 Å². The van der Waals surface area contributed by atoms with Gasteiger partial charge in [-0.1, -0.05) is 189 Å². The van der Waals surface area contributed by atoms with Crippen LogP contribution in [0.25, 0.3) is 0 Å². The number of methoxy groups -OCH3 is 2. The topological polar surface area (TPSA) is 306 Å². The molecule has 0 fully saturated rings. The van der Waals surface area contributed by atoms with Gasteiger partial charge in [-0.2, -0.15) is 0 Å². The molecule has 0 spiro atoms. The lowest BCUT2D eigenvalue weighted by atomic mass is 9.93. The molecular weight excluding hydrogens is 1500 g/mol. The van der Waals surface area contributed by atoms with E-state index >= 15 is 0 Å². The van der Waals surface area contributed by atoms with Crippen LogP contribution in [0, 0.1) is 0 Å². The zero-order valence-corrected chi connectivity index (χ0v) is 85.4. The van der Waals surface area contributed by atoms with E-state index in [1.54, 1.807) is 158 Å². The number of benzene rings is 2. The average Bonchev–Trinajstić information content (AvgIpc) is 0.745. The maximum atomic E-state index is 11.2. The third kappa shape index (κ3) is 32.5. The summed E-state index contributed by atoms with van der Waals surface area (Å²) in [5.41, 5.74) is 1.52. The summed E-state index contributed by atoms with van der Waals surface area (Å²) in [7, 11) is -25.4. The van der Waals surface area contributed by atoms with Crippen molar-refractivity contribution in [3.8, 4) is 0 Å². The molecule has 2 aromatic rings. The van der Waals surface area contributed by atoms with Gasteiger partial charge in [0, 0.05) is 55.8 Å². The van der Waals surface area contributed by atoms with Gasteiger partial charge >= 0.3 is 51.4 Å². The van der Waals surface area contributed by atoms with Gasteiger partial charge in [-0.3, -0.25) is 0 Å². The molecule has 2 rings (SSSR count). The van der Waals surface area contributed by atoms with Crippen LogP contribution in [-0.4, -0.2) is 197 Å². The molecule has 0 aromatic heterocycles. The van der Waals surface area contributed by atoms with Crippen LogP contribution < -0.4 is 0 Å². The maximum Gasteiger partial charge on any atom is 0.331 e. The predicted octanol–water partition coefficient (Wildman–Crippen LogP) is 16.6. The van der Waals surface area contributed by atoms with E-state index in [9.17, 15) is 53.4 Å². The number of hydrogen-bond donors (Lipinski definition) is 11. The lowest BCUT2D eigenvalue weighted by molar-refractivity contribution is -0.226. The largest absolute Gasteiger partial charge is 0.432 e. The number of hydrogen-bond acceptors (Lipinski definition) is 20. The van der Waals surface area contributed by atoms with Crippen molar-refractivity contribution in [3.63, 3.8) is 0 Å². The minimum Gasteiger partial charge on any atom is -0.432 e. The smallest absolute Gasteiger partial charge is 0.331 e. The van der Waals surface area contributed by atoms with Crippen LogP contribution in [0.1, 0.15) is 129 Å². The molecule has 2 aromatic carbocycles. The molecule has 32 heteroatoms. The van der Waals surface area contributed by atoms with Crippen molar-refractivity contribution < 1.29 is 94.1 Å². The molecule has 0 bridgehead atoms. The molecule has 0 heterocycles. The van der Waals surface area contributed by atoms with Crippen molar-refractivity contribution in [2.24, 2.45) is 0 Å². The molecule has 5 atom stereocenters. The fraction of sp³-hybridized carbons (Fsp3) is 0.829. The van der Waals surface area contributed by atoms with E-state index < -0.39 is 145 Å². The summed E-state index contributed by atoms with van der Waals surface area (Å²) in [6, 6.07) is 18.9. The number of ether oxygens (including phenoxy) is 3. The van der Waals surface area contributed by atoms with Gasteiger partial charge in [0.25, 0.3) is 0 Å². The van der Waals surface area contributed by atoms with Gasteiger partial charge in [-0.15, -0.1) is 0 Å². The van der Waals surface area contributed by atoms with E-state index in [4.69, 9.17) is 40.8 Å². The summed E-state index contributed by atoms with van der Waals surface area (Å²) >= 11 is 0. The normalized spacial score (nSPS) is 17.3. The van der Waals surface area contributed by atoms with E-state index in [0.29, 0.717) is 5.56 Å². The van der Waals surface area contributed by atoms with E-state index in [-0.39, 0.29) is 21.4 Å². The van der Waals surface area contributed by atoms with Crippen molar-refractivity contribution in [2.45, 2.75) is 360 Å². The highest BCUT2D eigenvalue weighted by atomic mass is 28.4. The Balaban J connectivity index is -0.000000570. The lowest BCUT2D eigenvalue weighted by Crippen LogP contribution is -2.59. The van der Waals surface area contributed by atoms with Gasteiger partial charge in [0.15, 0.2) is 53.9 Å². The summed E-state index contributed by atoms with van der Waals surface area (Å²) in [6.07, 6.45) is -0.0398. The summed E-state index contributed by atoms with van der Waals surface area (Å²) in [6.45, 7) is 84.8. The maximum absolute atomic E-state index is 11.2. The fourth-order valence-electron chi connectivity index (χ4n) is 9.77. The number of aliphatic hydroxyl groups is 2.